The number of fused-ring (bicyclic) bond motifs is 1. The summed E-state index contributed by atoms with van der Waals surface area (Å²) in [5.41, 5.74) is 1.18. The molecular weight excluding hydrogens is 417 g/mol. The first-order valence-electron chi connectivity index (χ1n) is 9.27. The molecule has 3 heterocycles. The van der Waals surface area contributed by atoms with Crippen LogP contribution in [0.25, 0.3) is 0 Å². The highest BCUT2D eigenvalue weighted by Crippen LogP contribution is 2.45. The number of hydrogen-bond acceptors (Lipinski definition) is 5. The summed E-state index contributed by atoms with van der Waals surface area (Å²) in [6.07, 6.45) is -4.20. The van der Waals surface area contributed by atoms with E-state index in [2.05, 4.69) is 15.7 Å². The Labute approximate surface area is 174 Å². The van der Waals surface area contributed by atoms with Crippen LogP contribution < -0.4 is 10.6 Å². The first kappa shape index (κ1) is 20.4. The molecule has 0 radical (unpaired) electrons. The van der Waals surface area contributed by atoms with Crippen LogP contribution in [0.2, 0.25) is 0 Å². The quantitative estimate of drug-likeness (QED) is 0.543. The third-order valence-electron chi connectivity index (χ3n) is 5.02. The van der Waals surface area contributed by atoms with Crippen molar-refractivity contribution in [1.29, 1.82) is 0 Å². The third kappa shape index (κ3) is 3.92. The zero-order chi connectivity index (χ0) is 21.5. The van der Waals surface area contributed by atoms with Crippen molar-refractivity contribution in [3.63, 3.8) is 0 Å². The largest absolute Gasteiger partial charge is 0.410 e. The van der Waals surface area contributed by atoms with Crippen molar-refractivity contribution in [3.05, 3.63) is 64.0 Å². The topological polar surface area (TPSA) is 79.2 Å². The number of amides is 1. The van der Waals surface area contributed by atoms with E-state index in [1.54, 1.807) is 48.7 Å². The van der Waals surface area contributed by atoms with Gasteiger partial charge in [-0.2, -0.15) is 18.3 Å². The Bertz CT molecular complexity index is 1030. The molecule has 0 saturated heterocycles. The fraction of sp³-hybridized carbons (Fsp3) is 0.300. The lowest BCUT2D eigenvalue weighted by atomic mass is 10.0. The summed E-state index contributed by atoms with van der Waals surface area (Å²) < 4.78 is 41.9. The highest BCUT2D eigenvalue weighted by atomic mass is 32.1. The second-order valence-electron chi connectivity index (χ2n) is 7.11. The van der Waals surface area contributed by atoms with Crippen LogP contribution in [-0.4, -0.2) is 27.0 Å². The van der Waals surface area contributed by atoms with Crippen LogP contribution in [0.3, 0.4) is 0 Å². The van der Waals surface area contributed by atoms with Crippen molar-refractivity contribution in [1.82, 2.24) is 9.78 Å². The molecule has 1 aromatic carbocycles. The van der Waals surface area contributed by atoms with Gasteiger partial charge in [-0.15, -0.1) is 11.3 Å². The maximum absolute atomic E-state index is 13.7. The number of thiophene rings is 1. The number of alkyl halides is 3. The number of aliphatic hydroxyl groups excluding tert-OH is 1. The highest BCUT2D eigenvalue weighted by Gasteiger charge is 2.47. The average Bonchev–Trinajstić information content (AvgIpc) is 3.36. The summed E-state index contributed by atoms with van der Waals surface area (Å²) >= 11 is 1.36. The molecular formula is C20H19F3N4O2S. The number of nitrogens with one attached hydrogen (secondary N) is 2. The molecule has 158 valence electrons. The normalized spacial score (nSPS) is 19.6. The van der Waals surface area contributed by atoms with Crippen LogP contribution in [0, 0.1) is 0 Å². The number of benzene rings is 1. The minimum absolute atomic E-state index is 0.0325. The van der Waals surface area contributed by atoms with Gasteiger partial charge in [0.15, 0.2) is 6.04 Å². The van der Waals surface area contributed by atoms with Crippen LogP contribution in [0.15, 0.2) is 48.0 Å². The summed E-state index contributed by atoms with van der Waals surface area (Å²) in [7, 11) is 0. The molecule has 0 bridgehead atoms. The Morgan fingerprint density at radius 2 is 2.07 bits per heavy atom. The second-order valence-corrected chi connectivity index (χ2v) is 8.09. The predicted octanol–water partition coefficient (Wildman–Crippen LogP) is 4.91. The van der Waals surface area contributed by atoms with Gasteiger partial charge < -0.3 is 15.7 Å². The highest BCUT2D eigenvalue weighted by molar-refractivity contribution is 7.10. The molecule has 4 rings (SSSR count). The number of hydrogen-bond donors (Lipinski definition) is 3. The van der Waals surface area contributed by atoms with E-state index in [0.717, 1.165) is 15.8 Å². The van der Waals surface area contributed by atoms with Crippen LogP contribution in [-0.2, 0) is 0 Å². The van der Waals surface area contributed by atoms with Crippen LogP contribution in [0.4, 0.5) is 24.7 Å². The number of anilines is 2. The van der Waals surface area contributed by atoms with Crippen molar-refractivity contribution in [2.24, 2.45) is 0 Å². The van der Waals surface area contributed by atoms with Crippen LogP contribution in [0.1, 0.15) is 52.3 Å². The zero-order valence-electron chi connectivity index (χ0n) is 15.8. The van der Waals surface area contributed by atoms with Crippen molar-refractivity contribution < 1.29 is 23.1 Å². The van der Waals surface area contributed by atoms with E-state index < -0.39 is 30.3 Å². The molecule has 3 aromatic rings. The Balaban J connectivity index is 1.63. The fourth-order valence-corrected chi connectivity index (χ4v) is 4.24. The number of halogens is 3. The lowest BCUT2D eigenvalue weighted by molar-refractivity contribution is -0.173. The van der Waals surface area contributed by atoms with Gasteiger partial charge in [0.2, 0.25) is 0 Å². The molecule has 0 fully saturated rings. The molecule has 1 amide bonds. The average molecular weight is 436 g/mol. The van der Waals surface area contributed by atoms with Crippen molar-refractivity contribution in [2.75, 3.05) is 10.6 Å². The van der Waals surface area contributed by atoms with Crippen molar-refractivity contribution in [2.45, 2.75) is 37.7 Å². The number of aliphatic hydroxyl groups is 1. The molecule has 3 N–H and O–H groups in total. The number of carbonyl (C=O) groups excluding carboxylic acids is 1. The number of nitrogens with zero attached hydrogens (tertiary/aromatic N) is 2. The predicted molar refractivity (Wildman–Crippen MR) is 108 cm³/mol. The van der Waals surface area contributed by atoms with E-state index in [4.69, 9.17) is 0 Å². The molecule has 0 spiro atoms. The molecule has 30 heavy (non-hydrogen) atoms. The SMILES string of the molecule is C[C@@H](O)c1ccc(NC(=O)c2cnn3c2N[C@@H](c2cccs2)C[C@H]3C(F)(F)F)cc1. The second kappa shape index (κ2) is 7.77. The van der Waals surface area contributed by atoms with Gasteiger partial charge in [-0.25, -0.2) is 4.68 Å². The molecule has 0 unspecified atom stereocenters. The maximum Gasteiger partial charge on any atom is 0.410 e. The van der Waals surface area contributed by atoms with Crippen molar-refractivity contribution in [3.8, 4) is 0 Å². The van der Waals surface area contributed by atoms with Gasteiger partial charge in [0, 0.05) is 17.0 Å². The fourth-order valence-electron chi connectivity index (χ4n) is 3.45. The Morgan fingerprint density at radius 3 is 2.67 bits per heavy atom. The van der Waals surface area contributed by atoms with E-state index in [-0.39, 0.29) is 17.8 Å². The number of aromatic nitrogens is 2. The Kier molecular flexibility index (Phi) is 5.29. The van der Waals surface area contributed by atoms with E-state index in [1.165, 1.54) is 11.3 Å². The van der Waals surface area contributed by atoms with E-state index in [1.807, 2.05) is 0 Å². The van der Waals surface area contributed by atoms with E-state index >= 15 is 0 Å². The van der Waals surface area contributed by atoms with Crippen molar-refractivity contribution >= 4 is 28.7 Å². The first-order chi connectivity index (χ1) is 14.2. The first-order valence-corrected chi connectivity index (χ1v) is 10.2. The molecule has 10 heteroatoms. The maximum atomic E-state index is 13.7. The molecule has 0 aliphatic carbocycles. The molecule has 0 saturated carbocycles. The number of carbonyl (C=O) groups is 1. The minimum Gasteiger partial charge on any atom is -0.389 e. The van der Waals surface area contributed by atoms with Gasteiger partial charge in [0.1, 0.15) is 11.4 Å². The number of rotatable bonds is 4. The summed E-state index contributed by atoms with van der Waals surface area (Å²) in [6.45, 7) is 1.62. The summed E-state index contributed by atoms with van der Waals surface area (Å²) in [6, 6.07) is 7.72. The smallest absolute Gasteiger partial charge is 0.389 e. The van der Waals surface area contributed by atoms with Gasteiger partial charge in [0.05, 0.1) is 18.3 Å². The summed E-state index contributed by atoms with van der Waals surface area (Å²) in [5, 5.41) is 21.0. The lowest BCUT2D eigenvalue weighted by Gasteiger charge is -2.33. The van der Waals surface area contributed by atoms with Gasteiger partial charge in [-0.3, -0.25) is 4.79 Å². The van der Waals surface area contributed by atoms with Crippen LogP contribution >= 0.6 is 11.3 Å². The molecule has 1 aliphatic rings. The molecule has 2 aromatic heterocycles. The summed E-state index contributed by atoms with van der Waals surface area (Å²) in [5.74, 6) is -0.527. The van der Waals surface area contributed by atoms with E-state index in [9.17, 15) is 23.1 Å². The molecule has 6 nitrogen and oxygen atoms in total. The van der Waals surface area contributed by atoms with Crippen LogP contribution in [0.5, 0.6) is 0 Å². The van der Waals surface area contributed by atoms with E-state index in [0.29, 0.717) is 11.3 Å². The standard InChI is InChI=1S/C20H19F3N4O2S/c1-11(28)12-4-6-13(7-5-12)25-19(29)14-10-24-27-17(20(21,22)23)9-15(26-18(14)27)16-3-2-8-30-16/h2-8,10-11,15,17,26,28H,9H2,1H3,(H,25,29)/t11-,15-,17+/m1/s1. The zero-order valence-corrected chi connectivity index (χ0v) is 16.7. The lowest BCUT2D eigenvalue weighted by Crippen LogP contribution is -2.36. The van der Waals surface area contributed by atoms with Gasteiger partial charge in [0.25, 0.3) is 5.91 Å². The third-order valence-corrected chi connectivity index (χ3v) is 6.01. The van der Waals surface area contributed by atoms with Gasteiger partial charge >= 0.3 is 6.18 Å². The Morgan fingerprint density at radius 1 is 1.33 bits per heavy atom. The molecule has 3 atom stereocenters. The monoisotopic (exact) mass is 436 g/mol. The van der Waals surface area contributed by atoms with Gasteiger partial charge in [-0.1, -0.05) is 18.2 Å². The Hall–Kier alpha value is -2.85. The molecule has 1 aliphatic heterocycles. The minimum atomic E-state index is -4.50. The van der Waals surface area contributed by atoms with Gasteiger partial charge in [-0.05, 0) is 36.1 Å². The summed E-state index contributed by atoms with van der Waals surface area (Å²) in [4.78, 5) is 13.5.